The van der Waals surface area contributed by atoms with E-state index >= 15 is 0 Å². The molecule has 0 atom stereocenters. The third kappa shape index (κ3) is 3.84. The topological polar surface area (TPSA) is 80.6 Å². The minimum absolute atomic E-state index is 0.122. The van der Waals surface area contributed by atoms with Gasteiger partial charge in [0.1, 0.15) is 5.58 Å². The molecule has 1 aromatic heterocycles. The SMILES string of the molecule is COC(=O)c1ccc(NC(=S)NC(=O)c2cc3ccccc3o2)cc1. The highest BCUT2D eigenvalue weighted by atomic mass is 32.1. The van der Waals surface area contributed by atoms with Gasteiger partial charge in [0, 0.05) is 11.1 Å². The van der Waals surface area contributed by atoms with Crippen molar-refractivity contribution >= 4 is 45.9 Å². The van der Waals surface area contributed by atoms with Gasteiger partial charge in [-0.25, -0.2) is 4.79 Å². The van der Waals surface area contributed by atoms with Gasteiger partial charge >= 0.3 is 5.97 Å². The number of rotatable bonds is 3. The summed E-state index contributed by atoms with van der Waals surface area (Å²) >= 11 is 5.12. The van der Waals surface area contributed by atoms with Crippen LogP contribution in [0.3, 0.4) is 0 Å². The maximum Gasteiger partial charge on any atom is 0.337 e. The number of nitrogens with one attached hydrogen (secondary N) is 2. The molecule has 0 aliphatic heterocycles. The summed E-state index contributed by atoms with van der Waals surface area (Å²) in [6.07, 6.45) is 0. The average Bonchev–Trinajstić information content (AvgIpc) is 3.06. The highest BCUT2D eigenvalue weighted by Gasteiger charge is 2.13. The van der Waals surface area contributed by atoms with E-state index in [1.165, 1.54) is 7.11 Å². The van der Waals surface area contributed by atoms with Crippen LogP contribution in [0.25, 0.3) is 11.0 Å². The second kappa shape index (κ2) is 7.14. The number of para-hydroxylation sites is 1. The minimum Gasteiger partial charge on any atom is -0.465 e. The molecule has 0 unspecified atom stereocenters. The lowest BCUT2D eigenvalue weighted by Crippen LogP contribution is -2.33. The smallest absolute Gasteiger partial charge is 0.337 e. The van der Waals surface area contributed by atoms with Gasteiger partial charge in [-0.1, -0.05) is 18.2 Å². The van der Waals surface area contributed by atoms with Crippen LogP contribution in [0.2, 0.25) is 0 Å². The lowest BCUT2D eigenvalue weighted by Gasteiger charge is -2.09. The maximum atomic E-state index is 12.2. The summed E-state index contributed by atoms with van der Waals surface area (Å²) in [6, 6.07) is 15.5. The zero-order chi connectivity index (χ0) is 17.8. The molecule has 126 valence electrons. The zero-order valence-electron chi connectivity index (χ0n) is 13.2. The number of ether oxygens (including phenoxy) is 1. The Hall–Kier alpha value is -3.19. The number of esters is 1. The molecule has 1 amide bonds. The van der Waals surface area contributed by atoms with Crippen LogP contribution in [0, 0.1) is 0 Å². The van der Waals surface area contributed by atoms with E-state index in [2.05, 4.69) is 15.4 Å². The van der Waals surface area contributed by atoms with Gasteiger partial charge in [-0.05, 0) is 48.6 Å². The molecule has 0 aliphatic carbocycles. The lowest BCUT2D eigenvalue weighted by atomic mass is 10.2. The fourth-order valence-electron chi connectivity index (χ4n) is 2.23. The predicted octanol–water partition coefficient (Wildman–Crippen LogP) is 3.35. The number of hydrogen-bond acceptors (Lipinski definition) is 5. The first-order valence-corrected chi connectivity index (χ1v) is 7.77. The van der Waals surface area contributed by atoms with Crippen molar-refractivity contribution in [2.75, 3.05) is 12.4 Å². The Labute approximate surface area is 148 Å². The number of amides is 1. The average molecular weight is 354 g/mol. The number of hydrogen-bond donors (Lipinski definition) is 2. The standard InChI is InChI=1S/C18H14N2O4S/c1-23-17(22)11-6-8-13(9-7-11)19-18(25)20-16(21)15-10-12-4-2-3-5-14(12)24-15/h2-10H,1H3,(H2,19,20,21,25). The number of thiocarbonyl (C=S) groups is 1. The summed E-state index contributed by atoms with van der Waals surface area (Å²) in [5.74, 6) is -0.696. The Morgan fingerprint density at radius 2 is 1.80 bits per heavy atom. The van der Waals surface area contributed by atoms with Gasteiger partial charge in [-0.15, -0.1) is 0 Å². The molecular formula is C18H14N2O4S. The first kappa shape index (κ1) is 16.7. The first-order valence-electron chi connectivity index (χ1n) is 7.36. The van der Waals surface area contributed by atoms with Crippen molar-refractivity contribution in [2.24, 2.45) is 0 Å². The normalized spacial score (nSPS) is 10.3. The van der Waals surface area contributed by atoms with E-state index < -0.39 is 11.9 Å². The van der Waals surface area contributed by atoms with E-state index in [1.807, 2.05) is 18.2 Å². The molecule has 7 heteroatoms. The highest BCUT2D eigenvalue weighted by Crippen LogP contribution is 2.18. The Balaban J connectivity index is 1.63. The van der Waals surface area contributed by atoms with Crippen molar-refractivity contribution in [3.63, 3.8) is 0 Å². The molecule has 0 aliphatic rings. The Kier molecular flexibility index (Phi) is 4.76. The number of anilines is 1. The number of carbonyl (C=O) groups excluding carboxylic acids is 2. The van der Waals surface area contributed by atoms with Crippen molar-refractivity contribution in [3.05, 3.63) is 65.9 Å². The second-order valence-electron chi connectivity index (χ2n) is 5.13. The molecule has 0 saturated heterocycles. The molecule has 1 heterocycles. The summed E-state index contributed by atoms with van der Waals surface area (Å²) in [4.78, 5) is 23.6. The van der Waals surface area contributed by atoms with Gasteiger partial charge in [-0.2, -0.15) is 0 Å². The van der Waals surface area contributed by atoms with E-state index in [1.54, 1.807) is 36.4 Å². The van der Waals surface area contributed by atoms with Gasteiger partial charge < -0.3 is 14.5 Å². The molecule has 0 fully saturated rings. The molecule has 0 spiro atoms. The van der Waals surface area contributed by atoms with Gasteiger partial charge in [0.25, 0.3) is 5.91 Å². The number of carbonyl (C=O) groups is 2. The number of fused-ring (bicyclic) bond motifs is 1. The van der Waals surface area contributed by atoms with Gasteiger partial charge in [0.15, 0.2) is 10.9 Å². The van der Waals surface area contributed by atoms with Crippen LogP contribution >= 0.6 is 12.2 Å². The lowest BCUT2D eigenvalue weighted by molar-refractivity contribution is 0.0600. The van der Waals surface area contributed by atoms with Crippen LogP contribution < -0.4 is 10.6 Å². The minimum atomic E-state index is -0.445. The molecule has 3 aromatic rings. The first-order chi connectivity index (χ1) is 12.1. The molecule has 2 N–H and O–H groups in total. The van der Waals surface area contributed by atoms with E-state index in [0.717, 1.165) is 5.39 Å². The number of furan rings is 1. The summed E-state index contributed by atoms with van der Waals surface area (Å²) in [5, 5.41) is 6.38. The highest BCUT2D eigenvalue weighted by molar-refractivity contribution is 7.80. The van der Waals surface area contributed by atoms with E-state index in [4.69, 9.17) is 16.6 Å². The van der Waals surface area contributed by atoms with Crippen molar-refractivity contribution in [2.45, 2.75) is 0 Å². The molecule has 25 heavy (non-hydrogen) atoms. The fourth-order valence-corrected chi connectivity index (χ4v) is 2.44. The summed E-state index contributed by atoms with van der Waals surface area (Å²) < 4.78 is 10.1. The largest absolute Gasteiger partial charge is 0.465 e. The van der Waals surface area contributed by atoms with Gasteiger partial charge in [0.2, 0.25) is 0 Å². The zero-order valence-corrected chi connectivity index (χ0v) is 14.1. The third-order valence-electron chi connectivity index (χ3n) is 3.44. The molecule has 6 nitrogen and oxygen atoms in total. The molecule has 2 aromatic carbocycles. The van der Waals surface area contributed by atoms with Crippen LogP contribution in [0.4, 0.5) is 5.69 Å². The quantitative estimate of drug-likeness (QED) is 0.555. The van der Waals surface area contributed by atoms with E-state index in [9.17, 15) is 9.59 Å². The Bertz CT molecular complexity index is 914. The monoisotopic (exact) mass is 354 g/mol. The van der Waals surface area contributed by atoms with Gasteiger partial charge in [-0.3, -0.25) is 10.1 Å². The van der Waals surface area contributed by atoms with Crippen LogP contribution in [0.5, 0.6) is 0 Å². The van der Waals surface area contributed by atoms with Crippen LogP contribution in [0.1, 0.15) is 20.9 Å². The number of benzene rings is 2. The Morgan fingerprint density at radius 3 is 2.48 bits per heavy atom. The van der Waals surface area contributed by atoms with Crippen molar-refractivity contribution < 1.29 is 18.7 Å². The van der Waals surface area contributed by atoms with Crippen molar-refractivity contribution in [1.82, 2.24) is 5.32 Å². The fraction of sp³-hybridized carbons (Fsp3) is 0.0556. The van der Waals surface area contributed by atoms with E-state index in [-0.39, 0.29) is 10.9 Å². The third-order valence-corrected chi connectivity index (χ3v) is 3.64. The summed E-state index contributed by atoms with van der Waals surface area (Å²) in [7, 11) is 1.32. The maximum absolute atomic E-state index is 12.2. The van der Waals surface area contributed by atoms with Crippen LogP contribution in [-0.4, -0.2) is 24.1 Å². The van der Waals surface area contributed by atoms with E-state index in [0.29, 0.717) is 16.8 Å². The predicted molar refractivity (Wildman–Crippen MR) is 97.7 cm³/mol. The summed E-state index contributed by atoms with van der Waals surface area (Å²) in [5.41, 5.74) is 1.68. The van der Waals surface area contributed by atoms with Crippen LogP contribution in [0.15, 0.2) is 59.0 Å². The number of methoxy groups -OCH3 is 1. The van der Waals surface area contributed by atoms with Crippen molar-refractivity contribution in [1.29, 1.82) is 0 Å². The molecule has 0 bridgehead atoms. The summed E-state index contributed by atoms with van der Waals surface area (Å²) in [6.45, 7) is 0. The van der Waals surface area contributed by atoms with Crippen molar-refractivity contribution in [3.8, 4) is 0 Å². The molecule has 0 radical (unpaired) electrons. The molecular weight excluding hydrogens is 340 g/mol. The van der Waals surface area contributed by atoms with Gasteiger partial charge in [0.05, 0.1) is 12.7 Å². The second-order valence-corrected chi connectivity index (χ2v) is 5.53. The molecule has 3 rings (SSSR count). The molecule has 0 saturated carbocycles. The Morgan fingerprint density at radius 1 is 1.08 bits per heavy atom. The van der Waals surface area contributed by atoms with Crippen LogP contribution in [-0.2, 0) is 4.74 Å².